The van der Waals surface area contributed by atoms with E-state index in [-0.39, 0.29) is 11.9 Å². The number of rotatable bonds is 2. The fraction of sp³-hybridized carbons (Fsp3) is 0.478. The standard InChI is InChI=1S/C23H29FN6O/c1-3-8-28-14-17-15-31-18-4-5-21(24)19(11-18)20-12-26-30-9-6-22(27-23(20)30)25-7-10-29(17)13-16(28)2/h4-6,9,11-12,16-17H,3,7-8,10,13-15H2,1-2H3,(H,25,27)/t16-,17+/m1/s1. The maximum absolute atomic E-state index is 14.7. The van der Waals surface area contributed by atoms with Crippen molar-refractivity contribution >= 4 is 11.5 Å². The van der Waals surface area contributed by atoms with Crippen LogP contribution in [0.2, 0.25) is 0 Å². The van der Waals surface area contributed by atoms with Gasteiger partial charge in [0.25, 0.3) is 0 Å². The summed E-state index contributed by atoms with van der Waals surface area (Å²) in [4.78, 5) is 9.76. The van der Waals surface area contributed by atoms with Crippen LogP contribution in [0.1, 0.15) is 20.3 Å². The third-order valence-corrected chi connectivity index (χ3v) is 6.34. The second-order valence-electron chi connectivity index (χ2n) is 8.51. The molecule has 3 aromatic rings. The van der Waals surface area contributed by atoms with Crippen LogP contribution in [0.3, 0.4) is 0 Å². The summed E-state index contributed by atoms with van der Waals surface area (Å²) in [6.45, 7) is 9.86. The molecule has 0 aliphatic carbocycles. The number of nitrogens with one attached hydrogen (secondary N) is 1. The van der Waals surface area contributed by atoms with E-state index in [1.807, 2.05) is 12.3 Å². The van der Waals surface area contributed by atoms with Crippen molar-refractivity contribution in [3.05, 3.63) is 42.5 Å². The molecule has 1 fully saturated rings. The normalized spacial score (nSPS) is 22.5. The van der Waals surface area contributed by atoms with Gasteiger partial charge in [0.05, 0.1) is 12.2 Å². The maximum atomic E-state index is 14.7. The molecule has 2 aromatic heterocycles. The molecule has 2 aliphatic rings. The number of piperazine rings is 1. The summed E-state index contributed by atoms with van der Waals surface area (Å²) in [6, 6.07) is 7.63. The molecular weight excluding hydrogens is 395 g/mol. The molecule has 5 rings (SSSR count). The van der Waals surface area contributed by atoms with Crippen molar-refractivity contribution in [1.82, 2.24) is 24.4 Å². The molecule has 31 heavy (non-hydrogen) atoms. The van der Waals surface area contributed by atoms with Crippen LogP contribution in [-0.4, -0.2) is 75.8 Å². The molecule has 7 nitrogen and oxygen atoms in total. The van der Waals surface area contributed by atoms with Crippen LogP contribution >= 0.6 is 0 Å². The Kier molecular flexibility index (Phi) is 5.50. The molecule has 164 valence electrons. The van der Waals surface area contributed by atoms with Crippen molar-refractivity contribution in [3.63, 3.8) is 0 Å². The van der Waals surface area contributed by atoms with Crippen LogP contribution in [0.15, 0.2) is 36.7 Å². The number of anilines is 1. The lowest BCUT2D eigenvalue weighted by Gasteiger charge is -2.45. The summed E-state index contributed by atoms with van der Waals surface area (Å²) >= 11 is 0. The summed E-state index contributed by atoms with van der Waals surface area (Å²) in [5, 5.41) is 7.78. The smallest absolute Gasteiger partial charge is 0.165 e. The summed E-state index contributed by atoms with van der Waals surface area (Å²) in [6.07, 6.45) is 4.66. The topological polar surface area (TPSA) is 57.9 Å². The van der Waals surface area contributed by atoms with Crippen LogP contribution in [0.25, 0.3) is 16.8 Å². The minimum Gasteiger partial charge on any atom is -0.492 e. The van der Waals surface area contributed by atoms with E-state index >= 15 is 0 Å². The molecule has 0 radical (unpaired) electrons. The Morgan fingerprint density at radius 3 is 3.00 bits per heavy atom. The average Bonchev–Trinajstić information content (AvgIpc) is 3.18. The van der Waals surface area contributed by atoms with Crippen LogP contribution in [-0.2, 0) is 0 Å². The molecule has 8 heteroatoms. The molecule has 1 N–H and O–H groups in total. The van der Waals surface area contributed by atoms with Gasteiger partial charge >= 0.3 is 0 Å². The van der Waals surface area contributed by atoms with Crippen LogP contribution in [0.5, 0.6) is 5.75 Å². The first kappa shape index (κ1) is 20.2. The molecule has 0 amide bonds. The molecule has 0 unspecified atom stereocenters. The Hall–Kier alpha value is -2.71. The Morgan fingerprint density at radius 1 is 1.23 bits per heavy atom. The van der Waals surface area contributed by atoms with Crippen molar-refractivity contribution in [2.24, 2.45) is 0 Å². The van der Waals surface area contributed by atoms with Gasteiger partial charge in [-0.15, -0.1) is 0 Å². The van der Waals surface area contributed by atoms with E-state index in [0.29, 0.717) is 35.2 Å². The van der Waals surface area contributed by atoms with Crippen LogP contribution < -0.4 is 10.1 Å². The van der Waals surface area contributed by atoms with Gasteiger partial charge in [0.2, 0.25) is 0 Å². The molecule has 2 atom stereocenters. The Labute approximate surface area is 181 Å². The molecular formula is C23H29FN6O. The van der Waals surface area contributed by atoms with E-state index in [1.165, 1.54) is 6.07 Å². The fourth-order valence-electron chi connectivity index (χ4n) is 4.68. The van der Waals surface area contributed by atoms with E-state index in [4.69, 9.17) is 9.72 Å². The third-order valence-electron chi connectivity index (χ3n) is 6.34. The highest BCUT2D eigenvalue weighted by molar-refractivity contribution is 5.78. The largest absolute Gasteiger partial charge is 0.492 e. The number of hydrogen-bond donors (Lipinski definition) is 1. The monoisotopic (exact) mass is 424 g/mol. The van der Waals surface area contributed by atoms with Crippen molar-refractivity contribution < 1.29 is 9.13 Å². The van der Waals surface area contributed by atoms with E-state index in [2.05, 4.69) is 34.1 Å². The third kappa shape index (κ3) is 3.97. The van der Waals surface area contributed by atoms with Gasteiger partial charge in [-0.3, -0.25) is 9.80 Å². The zero-order valence-electron chi connectivity index (χ0n) is 18.1. The predicted molar refractivity (Wildman–Crippen MR) is 119 cm³/mol. The average molecular weight is 425 g/mol. The molecule has 0 saturated carbocycles. The summed E-state index contributed by atoms with van der Waals surface area (Å²) in [7, 11) is 0. The lowest BCUT2D eigenvalue weighted by atomic mass is 10.1. The van der Waals surface area contributed by atoms with Gasteiger partial charge in [-0.1, -0.05) is 6.92 Å². The molecule has 1 saturated heterocycles. The van der Waals surface area contributed by atoms with Gasteiger partial charge in [0.1, 0.15) is 24.0 Å². The number of ether oxygens (including phenoxy) is 1. The second-order valence-corrected chi connectivity index (χ2v) is 8.51. The highest BCUT2D eigenvalue weighted by Crippen LogP contribution is 2.30. The molecule has 4 bridgehead atoms. The first-order chi connectivity index (χ1) is 15.1. The first-order valence-corrected chi connectivity index (χ1v) is 11.1. The van der Waals surface area contributed by atoms with E-state index < -0.39 is 0 Å². The van der Waals surface area contributed by atoms with Crippen molar-refractivity contribution in [1.29, 1.82) is 0 Å². The van der Waals surface area contributed by atoms with Crippen molar-refractivity contribution in [3.8, 4) is 16.9 Å². The van der Waals surface area contributed by atoms with Crippen molar-refractivity contribution in [2.45, 2.75) is 32.4 Å². The summed E-state index contributed by atoms with van der Waals surface area (Å²) < 4.78 is 22.6. The highest BCUT2D eigenvalue weighted by atomic mass is 19.1. The number of aromatic nitrogens is 3. The van der Waals surface area contributed by atoms with E-state index in [0.717, 1.165) is 45.0 Å². The van der Waals surface area contributed by atoms with Gasteiger partial charge in [-0.05, 0) is 44.2 Å². The first-order valence-electron chi connectivity index (χ1n) is 11.1. The van der Waals surface area contributed by atoms with E-state index in [1.54, 1.807) is 22.8 Å². The molecule has 4 heterocycles. The minimum atomic E-state index is -0.309. The quantitative estimate of drug-likeness (QED) is 0.682. The second kappa shape index (κ2) is 8.43. The lowest BCUT2D eigenvalue weighted by molar-refractivity contribution is 0.0170. The minimum absolute atomic E-state index is 0.281. The number of nitrogens with zero attached hydrogens (tertiary/aromatic N) is 5. The number of benzene rings is 1. The fourth-order valence-corrected chi connectivity index (χ4v) is 4.68. The Bertz CT molecular complexity index is 1070. The van der Waals surface area contributed by atoms with Crippen LogP contribution in [0.4, 0.5) is 10.2 Å². The SMILES string of the molecule is CCCN1C[C@H]2COc3ccc(F)c(c3)-c3cnn4ccc(nc34)NCCN2C[C@H]1C. The molecule has 2 aliphatic heterocycles. The van der Waals surface area contributed by atoms with Gasteiger partial charge in [-0.25, -0.2) is 13.9 Å². The van der Waals surface area contributed by atoms with Crippen molar-refractivity contribution in [2.75, 3.05) is 44.6 Å². The lowest BCUT2D eigenvalue weighted by Crippen LogP contribution is -2.59. The van der Waals surface area contributed by atoms with Gasteiger partial charge in [0, 0.05) is 49.5 Å². The summed E-state index contributed by atoms with van der Waals surface area (Å²) in [5.41, 5.74) is 1.74. The van der Waals surface area contributed by atoms with Gasteiger partial charge in [-0.2, -0.15) is 5.10 Å². The number of hydrogen-bond acceptors (Lipinski definition) is 6. The van der Waals surface area contributed by atoms with Crippen LogP contribution in [0, 0.1) is 5.82 Å². The molecule has 0 spiro atoms. The maximum Gasteiger partial charge on any atom is 0.165 e. The molecule has 1 aromatic carbocycles. The number of halogens is 1. The summed E-state index contributed by atoms with van der Waals surface area (Å²) in [5.74, 6) is 1.13. The number of fused-ring (bicyclic) bond motifs is 5. The van der Waals surface area contributed by atoms with E-state index in [9.17, 15) is 4.39 Å². The zero-order valence-corrected chi connectivity index (χ0v) is 18.1. The predicted octanol–water partition coefficient (Wildman–Crippen LogP) is 3.12. The Balaban J connectivity index is 1.51. The van der Waals surface area contributed by atoms with Gasteiger partial charge in [0.15, 0.2) is 5.65 Å². The Morgan fingerprint density at radius 2 is 2.13 bits per heavy atom. The highest BCUT2D eigenvalue weighted by Gasteiger charge is 2.31. The zero-order chi connectivity index (χ0) is 21.4. The van der Waals surface area contributed by atoms with Gasteiger partial charge < -0.3 is 10.1 Å².